The highest BCUT2D eigenvalue weighted by molar-refractivity contribution is 5.91. The molecule has 0 saturated carbocycles. The van der Waals surface area contributed by atoms with Crippen LogP contribution in [0.3, 0.4) is 0 Å². The third kappa shape index (κ3) is 2.57. The summed E-state index contributed by atoms with van der Waals surface area (Å²) >= 11 is 0. The fraction of sp³-hybridized carbons (Fsp3) is 0.364. The van der Waals surface area contributed by atoms with Gasteiger partial charge in [-0.1, -0.05) is 0 Å². The molecule has 0 spiro atoms. The van der Waals surface area contributed by atoms with Gasteiger partial charge in [-0.15, -0.1) is 0 Å². The number of carboxylic acids is 2. The zero-order chi connectivity index (χ0) is 13.1. The highest BCUT2D eigenvalue weighted by Gasteiger charge is 2.17. The van der Waals surface area contributed by atoms with Gasteiger partial charge in [-0.3, -0.25) is 0 Å². The van der Waals surface area contributed by atoms with E-state index in [9.17, 15) is 9.59 Å². The highest BCUT2D eigenvalue weighted by atomic mass is 16.4. The average molecular weight is 251 g/mol. The first-order valence-electron chi connectivity index (χ1n) is 5.52. The van der Waals surface area contributed by atoms with E-state index in [1.54, 1.807) is 0 Å². The Kier molecular flexibility index (Phi) is 3.42. The van der Waals surface area contributed by atoms with Crippen LogP contribution < -0.4 is 10.2 Å². The van der Waals surface area contributed by atoms with Crippen LogP contribution in [-0.2, 0) is 0 Å². The lowest BCUT2D eigenvalue weighted by molar-refractivity contribution is 0.0685. The third-order valence-corrected chi connectivity index (χ3v) is 2.73. The maximum absolute atomic E-state index is 10.9. The zero-order valence-corrected chi connectivity index (χ0v) is 9.59. The molecule has 1 aliphatic heterocycles. The molecule has 0 bridgehead atoms. The van der Waals surface area contributed by atoms with E-state index in [1.165, 1.54) is 12.1 Å². The van der Waals surface area contributed by atoms with E-state index in [0.29, 0.717) is 18.8 Å². The van der Waals surface area contributed by atoms with E-state index in [2.05, 4.69) is 10.3 Å². The monoisotopic (exact) mass is 251 g/mol. The van der Waals surface area contributed by atoms with Crippen molar-refractivity contribution in [2.75, 3.05) is 31.1 Å². The highest BCUT2D eigenvalue weighted by Crippen LogP contribution is 2.18. The average Bonchev–Trinajstić information content (AvgIpc) is 2.39. The Bertz CT molecular complexity index is 451. The first-order chi connectivity index (χ1) is 8.58. The Balaban J connectivity index is 2.38. The molecule has 0 radical (unpaired) electrons. The van der Waals surface area contributed by atoms with Gasteiger partial charge in [0.15, 0.2) is 11.4 Å². The maximum Gasteiger partial charge on any atom is 0.354 e. The molecule has 2 rings (SSSR count). The standard InChI is InChI=1S/C11H13N3O4/c15-10(16)8-5-7(6-9(13-8)11(17)18)14-3-1-12-2-4-14/h5-6,12H,1-4H2,(H,15,16)(H,17,18). The number of anilines is 1. The summed E-state index contributed by atoms with van der Waals surface area (Å²) in [5, 5.41) is 21.0. The molecule has 0 amide bonds. The van der Waals surface area contributed by atoms with Gasteiger partial charge in [0.1, 0.15) is 0 Å². The second-order valence-corrected chi connectivity index (χ2v) is 3.94. The summed E-state index contributed by atoms with van der Waals surface area (Å²) in [7, 11) is 0. The zero-order valence-electron chi connectivity index (χ0n) is 9.59. The fourth-order valence-corrected chi connectivity index (χ4v) is 1.84. The number of nitrogens with one attached hydrogen (secondary N) is 1. The van der Waals surface area contributed by atoms with Crippen molar-refractivity contribution in [3.8, 4) is 0 Å². The molecule has 96 valence electrons. The van der Waals surface area contributed by atoms with E-state index in [0.717, 1.165) is 13.1 Å². The molecular weight excluding hydrogens is 238 g/mol. The molecule has 1 aromatic heterocycles. The molecule has 7 heteroatoms. The molecule has 0 aromatic carbocycles. The summed E-state index contributed by atoms with van der Waals surface area (Å²) < 4.78 is 0. The van der Waals surface area contributed by atoms with Crippen LogP contribution in [0.5, 0.6) is 0 Å². The number of aromatic carboxylic acids is 2. The SMILES string of the molecule is O=C(O)c1cc(N2CCNCC2)cc(C(=O)O)n1. The lowest BCUT2D eigenvalue weighted by atomic mass is 10.2. The van der Waals surface area contributed by atoms with Crippen LogP contribution >= 0.6 is 0 Å². The molecule has 1 aromatic rings. The van der Waals surface area contributed by atoms with Gasteiger partial charge in [-0.25, -0.2) is 14.6 Å². The van der Waals surface area contributed by atoms with E-state index >= 15 is 0 Å². The van der Waals surface area contributed by atoms with Crippen LogP contribution in [0.15, 0.2) is 12.1 Å². The number of pyridine rings is 1. The minimum atomic E-state index is -1.23. The molecule has 1 saturated heterocycles. The normalized spacial score (nSPS) is 15.4. The Morgan fingerprint density at radius 2 is 1.61 bits per heavy atom. The van der Waals surface area contributed by atoms with Crippen molar-refractivity contribution in [1.29, 1.82) is 0 Å². The molecule has 1 aliphatic rings. The van der Waals surface area contributed by atoms with Crippen molar-refractivity contribution < 1.29 is 19.8 Å². The van der Waals surface area contributed by atoms with Crippen molar-refractivity contribution in [2.45, 2.75) is 0 Å². The Labute approximate surface area is 103 Å². The predicted octanol–water partition coefficient (Wildman–Crippen LogP) is -0.112. The van der Waals surface area contributed by atoms with E-state index in [-0.39, 0.29) is 11.4 Å². The molecule has 7 nitrogen and oxygen atoms in total. The first kappa shape index (κ1) is 12.3. The number of rotatable bonds is 3. The summed E-state index contributed by atoms with van der Waals surface area (Å²) in [6.45, 7) is 2.99. The van der Waals surface area contributed by atoms with Crippen LogP contribution in [0.1, 0.15) is 21.0 Å². The van der Waals surface area contributed by atoms with Crippen LogP contribution in [0.25, 0.3) is 0 Å². The minimum absolute atomic E-state index is 0.247. The molecule has 18 heavy (non-hydrogen) atoms. The predicted molar refractivity (Wildman–Crippen MR) is 63.2 cm³/mol. The third-order valence-electron chi connectivity index (χ3n) is 2.73. The maximum atomic E-state index is 10.9. The van der Waals surface area contributed by atoms with E-state index in [4.69, 9.17) is 10.2 Å². The second-order valence-electron chi connectivity index (χ2n) is 3.94. The summed E-state index contributed by atoms with van der Waals surface area (Å²) in [6, 6.07) is 2.81. The number of carbonyl (C=O) groups is 2. The Hall–Kier alpha value is -2.15. The van der Waals surface area contributed by atoms with Crippen LogP contribution in [0.2, 0.25) is 0 Å². The first-order valence-corrected chi connectivity index (χ1v) is 5.52. The number of hydrogen-bond donors (Lipinski definition) is 3. The van der Waals surface area contributed by atoms with Crippen LogP contribution in [0.4, 0.5) is 5.69 Å². The second kappa shape index (κ2) is 5.01. The Morgan fingerprint density at radius 3 is 2.06 bits per heavy atom. The van der Waals surface area contributed by atoms with Gasteiger partial charge in [-0.05, 0) is 12.1 Å². The van der Waals surface area contributed by atoms with Crippen molar-refractivity contribution in [3.63, 3.8) is 0 Å². The summed E-state index contributed by atoms with van der Waals surface area (Å²) in [5.74, 6) is -2.45. The molecule has 1 fully saturated rings. The van der Waals surface area contributed by atoms with Gasteiger partial charge in [0.25, 0.3) is 0 Å². The number of aromatic nitrogens is 1. The van der Waals surface area contributed by atoms with Gasteiger partial charge in [0.05, 0.1) is 0 Å². The quantitative estimate of drug-likeness (QED) is 0.688. The molecular formula is C11H13N3O4. The summed E-state index contributed by atoms with van der Waals surface area (Å²) in [5.41, 5.74) is 0.0909. The smallest absolute Gasteiger partial charge is 0.354 e. The molecule has 0 atom stereocenters. The largest absolute Gasteiger partial charge is 0.477 e. The topological polar surface area (TPSA) is 103 Å². The molecule has 3 N–H and O–H groups in total. The van der Waals surface area contributed by atoms with Crippen molar-refractivity contribution in [2.24, 2.45) is 0 Å². The lowest BCUT2D eigenvalue weighted by Gasteiger charge is -2.29. The van der Waals surface area contributed by atoms with Gasteiger partial charge in [0, 0.05) is 31.9 Å². The number of nitrogens with zero attached hydrogens (tertiary/aromatic N) is 2. The summed E-state index contributed by atoms with van der Waals surface area (Å²) in [4.78, 5) is 27.4. The lowest BCUT2D eigenvalue weighted by Crippen LogP contribution is -2.43. The molecule has 0 unspecified atom stereocenters. The van der Waals surface area contributed by atoms with Gasteiger partial charge < -0.3 is 20.4 Å². The van der Waals surface area contributed by atoms with Crippen molar-refractivity contribution in [1.82, 2.24) is 10.3 Å². The van der Waals surface area contributed by atoms with Crippen molar-refractivity contribution in [3.05, 3.63) is 23.5 Å². The van der Waals surface area contributed by atoms with Crippen LogP contribution in [-0.4, -0.2) is 53.3 Å². The molecule has 0 aliphatic carbocycles. The number of hydrogen-bond acceptors (Lipinski definition) is 5. The van der Waals surface area contributed by atoms with Gasteiger partial charge >= 0.3 is 11.9 Å². The van der Waals surface area contributed by atoms with Gasteiger partial charge in [-0.2, -0.15) is 0 Å². The van der Waals surface area contributed by atoms with E-state index in [1.807, 2.05) is 4.90 Å². The van der Waals surface area contributed by atoms with Crippen LogP contribution in [0, 0.1) is 0 Å². The minimum Gasteiger partial charge on any atom is -0.477 e. The van der Waals surface area contributed by atoms with E-state index < -0.39 is 11.9 Å². The fourth-order valence-electron chi connectivity index (χ4n) is 1.84. The number of carboxylic acid groups (broad SMARTS) is 2. The van der Waals surface area contributed by atoms with Gasteiger partial charge in [0.2, 0.25) is 0 Å². The van der Waals surface area contributed by atoms with Crippen molar-refractivity contribution >= 4 is 17.6 Å². The molecule has 2 heterocycles. The summed E-state index contributed by atoms with van der Waals surface area (Å²) in [6.07, 6.45) is 0. The number of piperazine rings is 1. The Morgan fingerprint density at radius 1 is 1.11 bits per heavy atom.